The third kappa shape index (κ3) is 5.32. The van der Waals surface area contributed by atoms with Gasteiger partial charge < -0.3 is 9.47 Å². The summed E-state index contributed by atoms with van der Waals surface area (Å²) in [6.07, 6.45) is 1.52. The lowest BCUT2D eigenvalue weighted by atomic mass is 10.1. The molecule has 2 amide bonds. The minimum Gasteiger partial charge on any atom is -0.489 e. The molecule has 1 aromatic heterocycles. The van der Waals surface area contributed by atoms with E-state index in [-0.39, 0.29) is 17.8 Å². The molecule has 3 rings (SSSR count). The minimum absolute atomic E-state index is 0.130. The lowest BCUT2D eigenvalue weighted by Crippen LogP contribution is -2.25. The van der Waals surface area contributed by atoms with Crippen molar-refractivity contribution in [3.63, 3.8) is 0 Å². The first-order valence-corrected chi connectivity index (χ1v) is 9.61. The number of nitrogens with zero attached hydrogens (tertiary/aromatic N) is 1. The smallest absolute Gasteiger partial charge is 0.303 e. The first kappa shape index (κ1) is 19.9. The van der Waals surface area contributed by atoms with Crippen LogP contribution >= 0.6 is 11.8 Å². The predicted molar refractivity (Wildman–Crippen MR) is 104 cm³/mol. The van der Waals surface area contributed by atoms with Crippen LogP contribution in [0.4, 0.5) is 4.79 Å². The van der Waals surface area contributed by atoms with Gasteiger partial charge in [0.05, 0.1) is 10.9 Å². The van der Waals surface area contributed by atoms with Gasteiger partial charge >= 0.3 is 5.97 Å². The maximum absolute atomic E-state index is 11.7. The van der Waals surface area contributed by atoms with Gasteiger partial charge in [0.15, 0.2) is 6.10 Å². The van der Waals surface area contributed by atoms with Gasteiger partial charge in [0.1, 0.15) is 12.4 Å². The fourth-order valence-corrected chi connectivity index (χ4v) is 3.61. The molecule has 1 N–H and O–H groups in total. The number of pyridine rings is 1. The molecule has 1 aliphatic rings. The van der Waals surface area contributed by atoms with Gasteiger partial charge in [0.25, 0.3) is 5.24 Å². The van der Waals surface area contributed by atoms with E-state index in [1.165, 1.54) is 6.92 Å². The molecule has 7 nitrogen and oxygen atoms in total. The number of imide groups is 1. The number of nitrogens with one attached hydrogen (secondary N) is 1. The summed E-state index contributed by atoms with van der Waals surface area (Å²) in [4.78, 5) is 38.6. The van der Waals surface area contributed by atoms with E-state index < -0.39 is 17.3 Å². The highest BCUT2D eigenvalue weighted by Gasteiger charge is 2.31. The molecule has 1 fully saturated rings. The Morgan fingerprint density at radius 3 is 2.61 bits per heavy atom. The number of esters is 1. The number of aryl methyl sites for hydroxylation is 1. The van der Waals surface area contributed by atoms with Crippen molar-refractivity contribution in [3.8, 4) is 5.75 Å². The molecule has 0 aliphatic carbocycles. The van der Waals surface area contributed by atoms with Crippen LogP contribution in [0.3, 0.4) is 0 Å². The van der Waals surface area contributed by atoms with E-state index >= 15 is 0 Å². The maximum atomic E-state index is 11.7. The molecule has 0 bridgehead atoms. The van der Waals surface area contributed by atoms with E-state index in [9.17, 15) is 14.4 Å². The molecule has 2 heterocycles. The quantitative estimate of drug-likeness (QED) is 0.714. The SMILES string of the molecule is CC(=O)OC(COc1ccc(CC2SC(=O)NC2=O)cc1)c1cc(C)ccn1. The standard InChI is InChI=1S/C20H20N2O5S/c1-12-7-8-21-16(9-12)17(27-13(2)23)11-26-15-5-3-14(4-6-15)10-18-19(24)22-20(25)28-18/h3-9,17-18H,10-11H2,1-2H3,(H,22,24,25). The Kier molecular flexibility index (Phi) is 6.30. The third-order valence-electron chi connectivity index (χ3n) is 4.09. The molecule has 1 aromatic carbocycles. The molecule has 146 valence electrons. The Bertz CT molecular complexity index is 884. The molecule has 0 radical (unpaired) electrons. The summed E-state index contributed by atoms with van der Waals surface area (Å²) in [6.45, 7) is 3.41. The number of hydrogen-bond donors (Lipinski definition) is 1. The van der Waals surface area contributed by atoms with Gasteiger partial charge in [0, 0.05) is 13.1 Å². The summed E-state index contributed by atoms with van der Waals surface area (Å²) in [5.41, 5.74) is 2.56. The van der Waals surface area contributed by atoms with Gasteiger partial charge in [-0.2, -0.15) is 0 Å². The van der Waals surface area contributed by atoms with Crippen molar-refractivity contribution in [2.45, 2.75) is 31.6 Å². The monoisotopic (exact) mass is 400 g/mol. The van der Waals surface area contributed by atoms with E-state index in [4.69, 9.17) is 9.47 Å². The number of benzene rings is 1. The second kappa shape index (κ2) is 8.88. The molecular formula is C20H20N2O5S. The molecule has 8 heteroatoms. The van der Waals surface area contributed by atoms with E-state index in [0.29, 0.717) is 17.9 Å². The van der Waals surface area contributed by atoms with Gasteiger partial charge in [-0.25, -0.2) is 0 Å². The van der Waals surface area contributed by atoms with Crippen molar-refractivity contribution in [1.82, 2.24) is 10.3 Å². The summed E-state index contributed by atoms with van der Waals surface area (Å²) in [6, 6.07) is 11.0. The zero-order valence-electron chi connectivity index (χ0n) is 15.5. The lowest BCUT2D eigenvalue weighted by molar-refractivity contribution is -0.148. The Balaban J connectivity index is 1.61. The van der Waals surface area contributed by atoms with E-state index in [0.717, 1.165) is 22.9 Å². The average molecular weight is 400 g/mol. The van der Waals surface area contributed by atoms with Crippen molar-refractivity contribution in [1.29, 1.82) is 0 Å². The molecule has 2 atom stereocenters. The van der Waals surface area contributed by atoms with Crippen molar-refractivity contribution in [2.75, 3.05) is 6.61 Å². The van der Waals surface area contributed by atoms with Crippen LogP contribution in [0.25, 0.3) is 0 Å². The highest BCUT2D eigenvalue weighted by atomic mass is 32.2. The van der Waals surface area contributed by atoms with Gasteiger partial charge in [-0.05, 0) is 48.7 Å². The van der Waals surface area contributed by atoms with E-state index in [1.54, 1.807) is 18.3 Å². The average Bonchev–Trinajstić information content (AvgIpc) is 2.96. The summed E-state index contributed by atoms with van der Waals surface area (Å²) < 4.78 is 11.1. The van der Waals surface area contributed by atoms with E-state index in [1.807, 2.05) is 31.2 Å². The molecule has 0 spiro atoms. The first-order chi connectivity index (χ1) is 13.4. The zero-order valence-corrected chi connectivity index (χ0v) is 16.3. The number of carbonyl (C=O) groups excluding carboxylic acids is 3. The summed E-state index contributed by atoms with van der Waals surface area (Å²) in [5.74, 6) is -0.0625. The summed E-state index contributed by atoms with van der Waals surface area (Å²) in [5, 5.41) is 1.57. The number of amides is 2. The van der Waals surface area contributed by atoms with Crippen LogP contribution in [0.1, 0.15) is 29.8 Å². The molecule has 28 heavy (non-hydrogen) atoms. The Morgan fingerprint density at radius 2 is 2.00 bits per heavy atom. The van der Waals surface area contributed by atoms with Crippen molar-refractivity contribution < 1.29 is 23.9 Å². The van der Waals surface area contributed by atoms with Crippen LogP contribution in [0, 0.1) is 6.92 Å². The number of aromatic nitrogens is 1. The number of thioether (sulfide) groups is 1. The zero-order chi connectivity index (χ0) is 20.1. The fraction of sp³-hybridized carbons (Fsp3) is 0.300. The highest BCUT2D eigenvalue weighted by Crippen LogP contribution is 2.24. The topological polar surface area (TPSA) is 94.6 Å². The number of carbonyl (C=O) groups is 3. The molecule has 0 saturated carbocycles. The van der Waals surface area contributed by atoms with Crippen molar-refractivity contribution in [3.05, 3.63) is 59.4 Å². The molecule has 1 aliphatic heterocycles. The first-order valence-electron chi connectivity index (χ1n) is 8.73. The highest BCUT2D eigenvalue weighted by molar-refractivity contribution is 8.15. The van der Waals surface area contributed by atoms with Gasteiger partial charge in [-0.15, -0.1) is 0 Å². The van der Waals surface area contributed by atoms with Crippen LogP contribution in [-0.4, -0.2) is 34.0 Å². The third-order valence-corrected chi connectivity index (χ3v) is 5.07. The fourth-order valence-electron chi connectivity index (χ4n) is 2.75. The Hall–Kier alpha value is -2.87. The van der Waals surface area contributed by atoms with Crippen LogP contribution in [0.5, 0.6) is 5.75 Å². The van der Waals surface area contributed by atoms with Crippen LogP contribution in [-0.2, 0) is 20.7 Å². The maximum Gasteiger partial charge on any atom is 0.303 e. The Morgan fingerprint density at radius 1 is 1.25 bits per heavy atom. The number of rotatable bonds is 7. The normalized spacial score (nSPS) is 17.1. The molecular weight excluding hydrogens is 380 g/mol. The van der Waals surface area contributed by atoms with Gasteiger partial charge in [-0.1, -0.05) is 23.9 Å². The second-order valence-corrected chi connectivity index (χ2v) is 7.57. The van der Waals surface area contributed by atoms with Crippen LogP contribution in [0.15, 0.2) is 42.6 Å². The Labute approximate surface area is 166 Å². The van der Waals surface area contributed by atoms with Crippen LogP contribution in [0.2, 0.25) is 0 Å². The summed E-state index contributed by atoms with van der Waals surface area (Å²) in [7, 11) is 0. The molecule has 1 saturated heterocycles. The minimum atomic E-state index is -0.610. The largest absolute Gasteiger partial charge is 0.489 e. The summed E-state index contributed by atoms with van der Waals surface area (Å²) >= 11 is 1.01. The van der Waals surface area contributed by atoms with Gasteiger partial charge in [-0.3, -0.25) is 24.7 Å². The van der Waals surface area contributed by atoms with Gasteiger partial charge in [0.2, 0.25) is 5.91 Å². The van der Waals surface area contributed by atoms with E-state index in [2.05, 4.69) is 10.3 Å². The number of ether oxygens (including phenoxy) is 2. The van der Waals surface area contributed by atoms with Crippen molar-refractivity contribution >= 4 is 28.9 Å². The van der Waals surface area contributed by atoms with Crippen molar-refractivity contribution in [2.24, 2.45) is 0 Å². The molecule has 2 unspecified atom stereocenters. The second-order valence-electron chi connectivity index (χ2n) is 6.40. The lowest BCUT2D eigenvalue weighted by Gasteiger charge is -2.18. The molecule has 2 aromatic rings. The van der Waals surface area contributed by atoms with Crippen LogP contribution < -0.4 is 10.1 Å². The predicted octanol–water partition coefficient (Wildman–Crippen LogP) is 2.97. The number of hydrogen-bond acceptors (Lipinski definition) is 7.